The molecule has 0 unspecified atom stereocenters. The Hall–Kier alpha value is -2.02. The molecule has 0 aliphatic carbocycles. The number of hydrogen-bond donors (Lipinski definition) is 0. The van der Waals surface area contributed by atoms with Crippen molar-refractivity contribution in [1.29, 1.82) is 0 Å². The van der Waals surface area contributed by atoms with Gasteiger partial charge in [-0.15, -0.1) is 0 Å². The first-order chi connectivity index (χ1) is 8.78. The fourth-order valence-electron chi connectivity index (χ4n) is 1.77. The van der Waals surface area contributed by atoms with Gasteiger partial charge in [0.1, 0.15) is 5.75 Å². The van der Waals surface area contributed by atoms with E-state index < -0.39 is 0 Å². The van der Waals surface area contributed by atoms with Crippen LogP contribution in [0.4, 0.5) is 0 Å². The van der Waals surface area contributed by atoms with Crippen molar-refractivity contribution in [2.75, 3.05) is 7.11 Å². The highest BCUT2D eigenvalue weighted by Crippen LogP contribution is 2.12. The van der Waals surface area contributed by atoms with Gasteiger partial charge >= 0.3 is 0 Å². The van der Waals surface area contributed by atoms with E-state index in [1.54, 1.807) is 7.11 Å². The minimum atomic E-state index is 0.904. The van der Waals surface area contributed by atoms with E-state index in [0.717, 1.165) is 12.2 Å². The smallest absolute Gasteiger partial charge is 0.118 e. The van der Waals surface area contributed by atoms with Crippen LogP contribution < -0.4 is 4.74 Å². The van der Waals surface area contributed by atoms with Gasteiger partial charge in [0.15, 0.2) is 0 Å². The summed E-state index contributed by atoms with van der Waals surface area (Å²) in [6, 6.07) is 16.7. The Balaban J connectivity index is 1.95. The average molecular weight is 238 g/mol. The van der Waals surface area contributed by atoms with Crippen LogP contribution in [-0.4, -0.2) is 7.11 Å². The normalized spacial score (nSPS) is 10.8. The molecule has 0 atom stereocenters. The number of benzene rings is 2. The fourth-order valence-corrected chi connectivity index (χ4v) is 1.77. The summed E-state index contributed by atoms with van der Waals surface area (Å²) >= 11 is 0. The molecule has 0 aliphatic heterocycles. The number of aryl methyl sites for hydroxylation is 1. The summed E-state index contributed by atoms with van der Waals surface area (Å²) in [6.45, 7) is 2.10. The number of methoxy groups -OCH3 is 1. The molecule has 0 aliphatic rings. The molecule has 0 fully saturated rings. The van der Waals surface area contributed by atoms with Crippen LogP contribution in [-0.2, 0) is 6.42 Å². The zero-order chi connectivity index (χ0) is 12.8. The van der Waals surface area contributed by atoms with Gasteiger partial charge in [-0.2, -0.15) is 0 Å². The van der Waals surface area contributed by atoms with Crippen molar-refractivity contribution < 1.29 is 4.74 Å². The molecule has 0 saturated heterocycles. The van der Waals surface area contributed by atoms with Crippen molar-refractivity contribution in [3.8, 4) is 5.75 Å². The van der Waals surface area contributed by atoms with Crippen LogP contribution in [0.1, 0.15) is 16.7 Å². The molecule has 2 aromatic rings. The summed E-state index contributed by atoms with van der Waals surface area (Å²) in [7, 11) is 1.69. The van der Waals surface area contributed by atoms with E-state index in [0.29, 0.717) is 0 Å². The molecular formula is C17H18O. The van der Waals surface area contributed by atoms with Gasteiger partial charge in [0.05, 0.1) is 7.11 Å². The van der Waals surface area contributed by atoms with Gasteiger partial charge in [-0.25, -0.2) is 0 Å². The third-order valence-electron chi connectivity index (χ3n) is 2.90. The predicted octanol–water partition coefficient (Wildman–Crippen LogP) is 4.26. The second kappa shape index (κ2) is 6.06. The predicted molar refractivity (Wildman–Crippen MR) is 76.9 cm³/mol. The summed E-state index contributed by atoms with van der Waals surface area (Å²) in [4.78, 5) is 0. The number of ether oxygens (including phenoxy) is 1. The Kier molecular flexibility index (Phi) is 4.19. The minimum Gasteiger partial charge on any atom is -0.497 e. The van der Waals surface area contributed by atoms with Crippen molar-refractivity contribution >= 4 is 6.08 Å². The van der Waals surface area contributed by atoms with E-state index in [9.17, 15) is 0 Å². The van der Waals surface area contributed by atoms with Crippen LogP contribution in [0, 0.1) is 6.92 Å². The second-order valence-electron chi connectivity index (χ2n) is 4.37. The van der Waals surface area contributed by atoms with Gasteiger partial charge in [0.2, 0.25) is 0 Å². The Bertz CT molecular complexity index is 506. The summed E-state index contributed by atoms with van der Waals surface area (Å²) in [6.07, 6.45) is 5.29. The molecule has 0 amide bonds. The quantitative estimate of drug-likeness (QED) is 0.773. The molecule has 0 saturated carbocycles. The Morgan fingerprint density at radius 1 is 0.944 bits per heavy atom. The first-order valence-corrected chi connectivity index (χ1v) is 6.14. The third kappa shape index (κ3) is 3.49. The molecule has 0 radical (unpaired) electrons. The molecule has 0 aromatic heterocycles. The maximum Gasteiger partial charge on any atom is 0.118 e. The number of rotatable bonds is 4. The minimum absolute atomic E-state index is 0.904. The topological polar surface area (TPSA) is 9.23 Å². The SMILES string of the molecule is COc1ccc(C/C=C/c2ccc(C)cc2)cc1. The van der Waals surface area contributed by atoms with E-state index in [4.69, 9.17) is 4.74 Å². The molecule has 0 heterocycles. The largest absolute Gasteiger partial charge is 0.497 e. The van der Waals surface area contributed by atoms with Crippen molar-refractivity contribution in [2.45, 2.75) is 13.3 Å². The van der Waals surface area contributed by atoms with Gasteiger partial charge in [-0.3, -0.25) is 0 Å². The highest BCUT2D eigenvalue weighted by atomic mass is 16.5. The zero-order valence-electron chi connectivity index (χ0n) is 10.9. The Labute approximate surface area is 109 Å². The van der Waals surface area contributed by atoms with E-state index in [1.165, 1.54) is 16.7 Å². The van der Waals surface area contributed by atoms with Crippen LogP contribution in [0.2, 0.25) is 0 Å². The van der Waals surface area contributed by atoms with Gasteiger partial charge in [0, 0.05) is 0 Å². The van der Waals surface area contributed by atoms with Crippen molar-refractivity contribution in [3.05, 3.63) is 71.3 Å². The van der Waals surface area contributed by atoms with Crippen molar-refractivity contribution in [2.24, 2.45) is 0 Å². The highest BCUT2D eigenvalue weighted by molar-refractivity contribution is 5.50. The lowest BCUT2D eigenvalue weighted by molar-refractivity contribution is 0.414. The third-order valence-corrected chi connectivity index (χ3v) is 2.90. The van der Waals surface area contributed by atoms with Crippen LogP contribution in [0.3, 0.4) is 0 Å². The molecule has 1 heteroatoms. The van der Waals surface area contributed by atoms with Crippen LogP contribution in [0.25, 0.3) is 6.08 Å². The standard InChI is InChI=1S/C17H18O/c1-14-6-8-15(9-7-14)4-3-5-16-10-12-17(18-2)13-11-16/h3-4,6-13H,5H2,1-2H3/b4-3+. The zero-order valence-corrected chi connectivity index (χ0v) is 10.9. The fraction of sp³-hybridized carbons (Fsp3) is 0.176. The molecule has 2 rings (SSSR count). The monoisotopic (exact) mass is 238 g/mol. The summed E-state index contributed by atoms with van der Waals surface area (Å²) < 4.78 is 5.14. The molecule has 0 N–H and O–H groups in total. The van der Waals surface area contributed by atoms with E-state index >= 15 is 0 Å². The van der Waals surface area contributed by atoms with Gasteiger partial charge in [0.25, 0.3) is 0 Å². The lowest BCUT2D eigenvalue weighted by Crippen LogP contribution is -1.84. The van der Waals surface area contributed by atoms with E-state index in [2.05, 4.69) is 55.5 Å². The van der Waals surface area contributed by atoms with Crippen LogP contribution >= 0.6 is 0 Å². The lowest BCUT2D eigenvalue weighted by Gasteiger charge is -2.00. The summed E-state index contributed by atoms with van der Waals surface area (Å²) in [5.74, 6) is 0.904. The number of hydrogen-bond acceptors (Lipinski definition) is 1. The number of allylic oxidation sites excluding steroid dienone is 1. The maximum atomic E-state index is 5.14. The molecule has 2 aromatic carbocycles. The van der Waals surface area contributed by atoms with Crippen molar-refractivity contribution in [3.63, 3.8) is 0 Å². The highest BCUT2D eigenvalue weighted by Gasteiger charge is 1.92. The Morgan fingerprint density at radius 2 is 1.61 bits per heavy atom. The Morgan fingerprint density at radius 3 is 2.22 bits per heavy atom. The first kappa shape index (κ1) is 12.4. The molecule has 18 heavy (non-hydrogen) atoms. The molecule has 1 nitrogen and oxygen atoms in total. The van der Waals surface area contributed by atoms with Crippen LogP contribution in [0.15, 0.2) is 54.6 Å². The molecule has 92 valence electrons. The molecular weight excluding hydrogens is 220 g/mol. The summed E-state index contributed by atoms with van der Waals surface area (Å²) in [5, 5.41) is 0. The molecule has 0 spiro atoms. The van der Waals surface area contributed by atoms with Gasteiger partial charge in [-0.05, 0) is 36.6 Å². The molecule has 0 bridgehead atoms. The van der Waals surface area contributed by atoms with Crippen molar-refractivity contribution in [1.82, 2.24) is 0 Å². The first-order valence-electron chi connectivity index (χ1n) is 6.14. The van der Waals surface area contributed by atoms with Gasteiger partial charge in [-0.1, -0.05) is 54.1 Å². The second-order valence-corrected chi connectivity index (χ2v) is 4.37. The van der Waals surface area contributed by atoms with Gasteiger partial charge < -0.3 is 4.74 Å². The van der Waals surface area contributed by atoms with E-state index in [1.807, 2.05) is 12.1 Å². The lowest BCUT2D eigenvalue weighted by atomic mass is 10.1. The average Bonchev–Trinajstić information content (AvgIpc) is 2.42. The maximum absolute atomic E-state index is 5.14. The van der Waals surface area contributed by atoms with Crippen LogP contribution in [0.5, 0.6) is 5.75 Å². The summed E-state index contributed by atoms with van der Waals surface area (Å²) in [5.41, 5.74) is 3.83. The van der Waals surface area contributed by atoms with E-state index in [-0.39, 0.29) is 0 Å².